The Balaban J connectivity index is 2.54. The van der Waals surface area contributed by atoms with Gasteiger partial charge in [0.05, 0.1) is 6.20 Å². The molecule has 3 nitrogen and oxygen atoms in total. The number of aryl methyl sites for hydroxylation is 1. The van der Waals surface area contributed by atoms with Gasteiger partial charge in [0.25, 0.3) is 0 Å². The first kappa shape index (κ1) is 8.11. The number of nitrogens with one attached hydrogen (secondary N) is 1. The molecule has 0 aromatic carbocycles. The standard InChI is InChI=1S/C8H15N3/c1-3-4-7-11-8(9-2)5-6-10-11/h5-6,9H,3-4,7H2,1-2H3. The van der Waals surface area contributed by atoms with E-state index in [-0.39, 0.29) is 0 Å². The van der Waals surface area contributed by atoms with E-state index < -0.39 is 0 Å². The van der Waals surface area contributed by atoms with Gasteiger partial charge in [-0.15, -0.1) is 0 Å². The van der Waals surface area contributed by atoms with Gasteiger partial charge in [0.1, 0.15) is 5.82 Å². The predicted octanol–water partition coefficient (Wildman–Crippen LogP) is 1.72. The topological polar surface area (TPSA) is 29.9 Å². The predicted molar refractivity (Wildman–Crippen MR) is 46.7 cm³/mol. The smallest absolute Gasteiger partial charge is 0.123 e. The minimum absolute atomic E-state index is 1.01. The molecule has 1 aromatic heterocycles. The fourth-order valence-corrected chi connectivity index (χ4v) is 1.03. The summed E-state index contributed by atoms with van der Waals surface area (Å²) in [5, 5.41) is 7.26. The summed E-state index contributed by atoms with van der Waals surface area (Å²) < 4.78 is 1.99. The molecule has 11 heavy (non-hydrogen) atoms. The van der Waals surface area contributed by atoms with Gasteiger partial charge in [-0.05, 0) is 6.42 Å². The molecule has 0 amide bonds. The Kier molecular flexibility index (Phi) is 2.95. The van der Waals surface area contributed by atoms with Crippen molar-refractivity contribution in [2.75, 3.05) is 12.4 Å². The third-order valence-electron chi connectivity index (χ3n) is 1.70. The lowest BCUT2D eigenvalue weighted by Gasteiger charge is -2.04. The Hall–Kier alpha value is -0.990. The number of anilines is 1. The Bertz CT molecular complexity index is 205. The molecule has 0 atom stereocenters. The van der Waals surface area contributed by atoms with Crippen molar-refractivity contribution < 1.29 is 0 Å². The van der Waals surface area contributed by atoms with E-state index in [2.05, 4.69) is 17.3 Å². The maximum atomic E-state index is 4.18. The molecule has 62 valence electrons. The molecule has 0 bridgehead atoms. The molecule has 1 aromatic rings. The number of nitrogens with zero attached hydrogens (tertiary/aromatic N) is 2. The number of hydrogen-bond acceptors (Lipinski definition) is 2. The number of rotatable bonds is 4. The molecule has 0 aliphatic rings. The van der Waals surface area contributed by atoms with Crippen LogP contribution in [0.2, 0.25) is 0 Å². The minimum Gasteiger partial charge on any atom is -0.373 e. The largest absolute Gasteiger partial charge is 0.373 e. The second-order valence-electron chi connectivity index (χ2n) is 2.54. The second-order valence-corrected chi connectivity index (χ2v) is 2.54. The van der Waals surface area contributed by atoms with Gasteiger partial charge < -0.3 is 5.32 Å². The van der Waals surface area contributed by atoms with Crippen molar-refractivity contribution in [3.8, 4) is 0 Å². The van der Waals surface area contributed by atoms with E-state index in [9.17, 15) is 0 Å². The summed E-state index contributed by atoms with van der Waals surface area (Å²) in [6.45, 7) is 3.20. The molecular formula is C8H15N3. The lowest BCUT2D eigenvalue weighted by atomic mass is 10.3. The van der Waals surface area contributed by atoms with Crippen LogP contribution in [0.3, 0.4) is 0 Å². The Morgan fingerprint density at radius 3 is 3.09 bits per heavy atom. The van der Waals surface area contributed by atoms with Crippen LogP contribution in [0.5, 0.6) is 0 Å². The van der Waals surface area contributed by atoms with Gasteiger partial charge in [-0.1, -0.05) is 13.3 Å². The minimum atomic E-state index is 1.01. The Labute approximate surface area is 67.4 Å². The monoisotopic (exact) mass is 153 g/mol. The molecule has 1 heterocycles. The molecule has 0 aliphatic carbocycles. The number of hydrogen-bond donors (Lipinski definition) is 1. The number of aromatic nitrogens is 2. The Morgan fingerprint density at radius 1 is 1.64 bits per heavy atom. The zero-order valence-electron chi connectivity index (χ0n) is 7.17. The van der Waals surface area contributed by atoms with Crippen LogP contribution in [0.1, 0.15) is 19.8 Å². The van der Waals surface area contributed by atoms with E-state index in [1.165, 1.54) is 12.8 Å². The summed E-state index contributed by atoms with van der Waals surface area (Å²) in [4.78, 5) is 0. The molecule has 3 heteroatoms. The average Bonchev–Trinajstić information content (AvgIpc) is 2.47. The Morgan fingerprint density at radius 2 is 2.45 bits per heavy atom. The summed E-state index contributed by atoms with van der Waals surface area (Å²) in [5.41, 5.74) is 0. The highest BCUT2D eigenvalue weighted by atomic mass is 15.3. The third-order valence-corrected chi connectivity index (χ3v) is 1.70. The molecule has 0 fully saturated rings. The quantitative estimate of drug-likeness (QED) is 0.713. The summed E-state index contributed by atoms with van der Waals surface area (Å²) in [7, 11) is 1.92. The van der Waals surface area contributed by atoms with Gasteiger partial charge >= 0.3 is 0 Å². The molecule has 0 spiro atoms. The van der Waals surface area contributed by atoms with E-state index in [1.54, 1.807) is 0 Å². The molecular weight excluding hydrogens is 138 g/mol. The summed E-state index contributed by atoms with van der Waals surface area (Å²) in [6.07, 6.45) is 4.22. The third kappa shape index (κ3) is 1.97. The van der Waals surface area contributed by atoms with Crippen LogP contribution in [0.4, 0.5) is 5.82 Å². The lowest BCUT2D eigenvalue weighted by molar-refractivity contribution is 0.577. The van der Waals surface area contributed by atoms with Crippen LogP contribution >= 0.6 is 0 Å². The molecule has 0 radical (unpaired) electrons. The maximum Gasteiger partial charge on any atom is 0.123 e. The van der Waals surface area contributed by atoms with Crippen LogP contribution in [0, 0.1) is 0 Å². The molecule has 1 N–H and O–H groups in total. The van der Waals surface area contributed by atoms with Gasteiger partial charge in [-0.2, -0.15) is 5.10 Å². The van der Waals surface area contributed by atoms with Crippen LogP contribution in [0.15, 0.2) is 12.3 Å². The van der Waals surface area contributed by atoms with Crippen LogP contribution < -0.4 is 5.32 Å². The summed E-state index contributed by atoms with van der Waals surface area (Å²) in [5.74, 6) is 1.10. The van der Waals surface area contributed by atoms with E-state index in [0.29, 0.717) is 0 Å². The zero-order chi connectivity index (χ0) is 8.10. The van der Waals surface area contributed by atoms with Gasteiger partial charge in [0.15, 0.2) is 0 Å². The number of unbranched alkanes of at least 4 members (excludes halogenated alkanes) is 1. The van der Waals surface area contributed by atoms with Crippen molar-refractivity contribution in [1.82, 2.24) is 9.78 Å². The highest BCUT2D eigenvalue weighted by Gasteiger charge is 1.96. The van der Waals surface area contributed by atoms with Gasteiger partial charge in [-0.3, -0.25) is 0 Å². The van der Waals surface area contributed by atoms with E-state index in [1.807, 2.05) is 24.0 Å². The van der Waals surface area contributed by atoms with Crippen molar-refractivity contribution in [3.63, 3.8) is 0 Å². The SMILES string of the molecule is CCCCn1nccc1NC. The maximum absolute atomic E-state index is 4.18. The first-order valence-electron chi connectivity index (χ1n) is 4.08. The molecule has 0 aliphatic heterocycles. The van der Waals surface area contributed by atoms with E-state index >= 15 is 0 Å². The van der Waals surface area contributed by atoms with Crippen molar-refractivity contribution in [3.05, 3.63) is 12.3 Å². The average molecular weight is 153 g/mol. The molecule has 1 rings (SSSR count). The summed E-state index contributed by atoms with van der Waals surface area (Å²) >= 11 is 0. The highest BCUT2D eigenvalue weighted by Crippen LogP contribution is 2.05. The van der Waals surface area contributed by atoms with Crippen molar-refractivity contribution in [2.45, 2.75) is 26.3 Å². The summed E-state index contributed by atoms with van der Waals surface area (Å²) in [6, 6.07) is 1.98. The zero-order valence-corrected chi connectivity index (χ0v) is 7.17. The molecule has 0 unspecified atom stereocenters. The van der Waals surface area contributed by atoms with E-state index in [4.69, 9.17) is 0 Å². The molecule has 0 saturated carbocycles. The van der Waals surface area contributed by atoms with Gasteiger partial charge in [-0.25, -0.2) is 4.68 Å². The fraction of sp³-hybridized carbons (Fsp3) is 0.625. The first-order chi connectivity index (χ1) is 5.38. The van der Waals surface area contributed by atoms with Gasteiger partial charge in [0.2, 0.25) is 0 Å². The first-order valence-corrected chi connectivity index (χ1v) is 4.08. The highest BCUT2D eigenvalue weighted by molar-refractivity contribution is 5.32. The fourth-order valence-electron chi connectivity index (χ4n) is 1.03. The van der Waals surface area contributed by atoms with Crippen LogP contribution in [0.25, 0.3) is 0 Å². The van der Waals surface area contributed by atoms with Crippen molar-refractivity contribution >= 4 is 5.82 Å². The lowest BCUT2D eigenvalue weighted by Crippen LogP contribution is -2.04. The van der Waals surface area contributed by atoms with Crippen LogP contribution in [-0.2, 0) is 6.54 Å². The van der Waals surface area contributed by atoms with Crippen molar-refractivity contribution in [2.24, 2.45) is 0 Å². The van der Waals surface area contributed by atoms with E-state index in [0.717, 1.165) is 12.4 Å². The van der Waals surface area contributed by atoms with Crippen molar-refractivity contribution in [1.29, 1.82) is 0 Å². The van der Waals surface area contributed by atoms with Gasteiger partial charge in [0, 0.05) is 19.7 Å². The molecule has 0 saturated heterocycles. The normalized spacial score (nSPS) is 10.0. The second kappa shape index (κ2) is 4.01. The van der Waals surface area contributed by atoms with Crippen LogP contribution in [-0.4, -0.2) is 16.8 Å².